The number of aromatic nitrogens is 1. The highest BCUT2D eigenvalue weighted by atomic mass is 15.2. The van der Waals surface area contributed by atoms with Crippen LogP contribution in [-0.2, 0) is 0 Å². The molecule has 2 rings (SSSR count). The van der Waals surface area contributed by atoms with Crippen molar-refractivity contribution in [2.24, 2.45) is 11.8 Å². The quantitative estimate of drug-likeness (QED) is 0.604. The molecule has 1 unspecified atom stereocenters. The van der Waals surface area contributed by atoms with E-state index in [0.717, 1.165) is 18.0 Å². The van der Waals surface area contributed by atoms with Crippen LogP contribution in [0.4, 0.5) is 0 Å². The summed E-state index contributed by atoms with van der Waals surface area (Å²) >= 11 is 0. The number of pyridine rings is 1. The van der Waals surface area contributed by atoms with Crippen molar-refractivity contribution in [3.05, 3.63) is 29.6 Å². The van der Waals surface area contributed by atoms with Gasteiger partial charge in [0.1, 0.15) is 0 Å². The lowest BCUT2D eigenvalue weighted by Gasteiger charge is -2.20. The lowest BCUT2D eigenvalue weighted by Crippen LogP contribution is -2.29. The molecule has 0 amide bonds. The molecule has 1 saturated carbocycles. The van der Waals surface area contributed by atoms with E-state index in [-0.39, 0.29) is 6.04 Å². The maximum absolute atomic E-state index is 5.66. The van der Waals surface area contributed by atoms with Gasteiger partial charge < -0.3 is 0 Å². The van der Waals surface area contributed by atoms with Crippen LogP contribution >= 0.6 is 0 Å². The minimum atomic E-state index is 0.282. The Morgan fingerprint density at radius 2 is 2.25 bits per heavy atom. The van der Waals surface area contributed by atoms with Crippen molar-refractivity contribution in [1.29, 1.82) is 0 Å². The fraction of sp³-hybridized carbons (Fsp3) is 0.615. The normalized spacial score (nSPS) is 18.9. The summed E-state index contributed by atoms with van der Waals surface area (Å²) in [5, 5.41) is 0. The number of nitrogens with one attached hydrogen (secondary N) is 1. The van der Waals surface area contributed by atoms with Gasteiger partial charge in [-0.15, -0.1) is 0 Å². The number of hydrazine groups is 1. The first kappa shape index (κ1) is 11.6. The van der Waals surface area contributed by atoms with Crippen LogP contribution in [0, 0.1) is 12.8 Å². The van der Waals surface area contributed by atoms with Crippen molar-refractivity contribution >= 4 is 0 Å². The summed E-state index contributed by atoms with van der Waals surface area (Å²) in [6, 6.07) is 4.47. The Kier molecular flexibility index (Phi) is 3.91. The van der Waals surface area contributed by atoms with Gasteiger partial charge in [0.15, 0.2) is 0 Å². The fourth-order valence-corrected chi connectivity index (χ4v) is 2.66. The molecule has 16 heavy (non-hydrogen) atoms. The van der Waals surface area contributed by atoms with Gasteiger partial charge in [-0.25, -0.2) is 0 Å². The van der Waals surface area contributed by atoms with E-state index >= 15 is 0 Å². The highest BCUT2D eigenvalue weighted by Crippen LogP contribution is 2.32. The van der Waals surface area contributed by atoms with E-state index in [2.05, 4.69) is 22.5 Å². The Labute approximate surface area is 97.4 Å². The molecule has 1 aromatic rings. The maximum Gasteiger partial charge on any atom is 0.0463 e. The van der Waals surface area contributed by atoms with E-state index in [4.69, 9.17) is 5.84 Å². The Bertz CT molecular complexity index is 332. The maximum atomic E-state index is 5.66. The lowest BCUT2D eigenvalue weighted by molar-refractivity contribution is 0.400. The smallest absolute Gasteiger partial charge is 0.0463 e. The van der Waals surface area contributed by atoms with Gasteiger partial charge >= 0.3 is 0 Å². The third-order valence-electron chi connectivity index (χ3n) is 3.57. The van der Waals surface area contributed by atoms with Crippen molar-refractivity contribution in [2.75, 3.05) is 0 Å². The average molecular weight is 219 g/mol. The number of aryl methyl sites for hydroxylation is 1. The van der Waals surface area contributed by atoms with Crippen LogP contribution in [0.15, 0.2) is 18.3 Å². The number of rotatable bonds is 4. The molecule has 3 nitrogen and oxygen atoms in total. The lowest BCUT2D eigenvalue weighted by atomic mass is 9.94. The van der Waals surface area contributed by atoms with E-state index in [1.807, 2.05) is 13.1 Å². The van der Waals surface area contributed by atoms with Crippen LogP contribution in [0.3, 0.4) is 0 Å². The van der Waals surface area contributed by atoms with Crippen molar-refractivity contribution in [1.82, 2.24) is 10.4 Å². The van der Waals surface area contributed by atoms with Gasteiger partial charge in [-0.1, -0.05) is 25.7 Å². The molecule has 88 valence electrons. The predicted octanol–water partition coefficient (Wildman–Crippen LogP) is 2.47. The molecule has 1 atom stereocenters. The van der Waals surface area contributed by atoms with Crippen LogP contribution in [0.5, 0.6) is 0 Å². The second-order valence-electron chi connectivity index (χ2n) is 4.84. The number of hydrogen-bond acceptors (Lipinski definition) is 3. The molecule has 1 heterocycles. The third kappa shape index (κ3) is 2.80. The minimum Gasteiger partial charge on any atom is -0.271 e. The molecule has 1 aromatic heterocycles. The molecule has 3 heteroatoms. The summed E-state index contributed by atoms with van der Waals surface area (Å²) in [5.41, 5.74) is 5.27. The molecule has 0 radical (unpaired) electrons. The van der Waals surface area contributed by atoms with Crippen LogP contribution in [0.1, 0.15) is 49.4 Å². The summed E-state index contributed by atoms with van der Waals surface area (Å²) < 4.78 is 0. The molecule has 0 bridgehead atoms. The van der Waals surface area contributed by atoms with Crippen LogP contribution in [-0.4, -0.2) is 4.98 Å². The van der Waals surface area contributed by atoms with E-state index < -0.39 is 0 Å². The Hall–Kier alpha value is -0.930. The topological polar surface area (TPSA) is 50.9 Å². The van der Waals surface area contributed by atoms with E-state index in [1.165, 1.54) is 31.2 Å². The molecular formula is C13H21N3. The molecule has 0 aromatic carbocycles. The Balaban J connectivity index is 2.03. The van der Waals surface area contributed by atoms with Gasteiger partial charge in [0.25, 0.3) is 0 Å². The molecule has 0 saturated heterocycles. The third-order valence-corrected chi connectivity index (χ3v) is 3.57. The van der Waals surface area contributed by atoms with E-state index in [0.29, 0.717) is 0 Å². The Morgan fingerprint density at radius 3 is 2.88 bits per heavy atom. The summed E-state index contributed by atoms with van der Waals surface area (Å²) in [6.45, 7) is 2.02. The molecule has 3 N–H and O–H groups in total. The number of hydrogen-bond donors (Lipinski definition) is 2. The van der Waals surface area contributed by atoms with Crippen LogP contribution in [0.25, 0.3) is 0 Å². The van der Waals surface area contributed by atoms with Crippen molar-refractivity contribution in [2.45, 2.75) is 45.1 Å². The van der Waals surface area contributed by atoms with Crippen molar-refractivity contribution < 1.29 is 0 Å². The number of nitrogens with zero attached hydrogens (tertiary/aromatic N) is 1. The van der Waals surface area contributed by atoms with Gasteiger partial charge in [0.05, 0.1) is 0 Å². The van der Waals surface area contributed by atoms with Gasteiger partial charge in [-0.05, 0) is 37.0 Å². The summed E-state index contributed by atoms with van der Waals surface area (Å²) in [7, 11) is 0. The summed E-state index contributed by atoms with van der Waals surface area (Å²) in [4.78, 5) is 4.22. The molecule has 0 aliphatic heterocycles. The van der Waals surface area contributed by atoms with Gasteiger partial charge in [-0.3, -0.25) is 16.3 Å². The Morgan fingerprint density at radius 1 is 1.50 bits per heavy atom. The molecule has 0 spiro atoms. The fourth-order valence-electron chi connectivity index (χ4n) is 2.66. The average Bonchev–Trinajstić information content (AvgIpc) is 2.78. The van der Waals surface area contributed by atoms with Gasteiger partial charge in [0, 0.05) is 17.9 Å². The second kappa shape index (κ2) is 5.41. The van der Waals surface area contributed by atoms with Crippen molar-refractivity contribution in [3.63, 3.8) is 0 Å². The first-order valence-corrected chi connectivity index (χ1v) is 6.18. The molecule has 1 fully saturated rings. The second-order valence-corrected chi connectivity index (χ2v) is 4.84. The molecular weight excluding hydrogens is 198 g/mol. The highest BCUT2D eigenvalue weighted by molar-refractivity contribution is 5.19. The highest BCUT2D eigenvalue weighted by Gasteiger charge is 2.20. The number of nitrogens with two attached hydrogens (primary N) is 1. The first-order valence-electron chi connectivity index (χ1n) is 6.18. The summed E-state index contributed by atoms with van der Waals surface area (Å²) in [5.74, 6) is 6.50. The predicted molar refractivity (Wildman–Crippen MR) is 65.6 cm³/mol. The van der Waals surface area contributed by atoms with Crippen LogP contribution in [0.2, 0.25) is 0 Å². The monoisotopic (exact) mass is 219 g/mol. The minimum absolute atomic E-state index is 0.282. The van der Waals surface area contributed by atoms with Crippen LogP contribution < -0.4 is 11.3 Å². The van der Waals surface area contributed by atoms with Gasteiger partial charge in [0.2, 0.25) is 0 Å². The zero-order chi connectivity index (χ0) is 11.4. The SMILES string of the molecule is Cc1cc(C(CC2CCCC2)NN)ccn1. The standard InChI is InChI=1S/C13H21N3/c1-10-8-12(6-7-15-10)13(16-14)9-11-4-2-3-5-11/h6-8,11,13,16H,2-5,9,14H2,1H3. The molecule has 1 aliphatic rings. The first-order chi connectivity index (χ1) is 7.79. The largest absolute Gasteiger partial charge is 0.271 e. The summed E-state index contributed by atoms with van der Waals surface area (Å²) in [6.07, 6.45) is 8.52. The molecule has 1 aliphatic carbocycles. The van der Waals surface area contributed by atoms with E-state index in [1.54, 1.807) is 0 Å². The zero-order valence-electron chi connectivity index (χ0n) is 9.95. The van der Waals surface area contributed by atoms with E-state index in [9.17, 15) is 0 Å². The zero-order valence-corrected chi connectivity index (χ0v) is 9.95. The van der Waals surface area contributed by atoms with Crippen molar-refractivity contribution in [3.8, 4) is 0 Å². The van der Waals surface area contributed by atoms with Gasteiger partial charge in [-0.2, -0.15) is 0 Å².